The van der Waals surface area contributed by atoms with Crippen molar-refractivity contribution < 1.29 is 19.2 Å². The van der Waals surface area contributed by atoms with Crippen molar-refractivity contribution in [3.63, 3.8) is 0 Å². The first-order valence-corrected chi connectivity index (χ1v) is 12.2. The lowest BCUT2D eigenvalue weighted by molar-refractivity contribution is -0.385. The van der Waals surface area contributed by atoms with Crippen LogP contribution in [-0.2, 0) is 4.74 Å². The molecule has 0 saturated carbocycles. The van der Waals surface area contributed by atoms with Gasteiger partial charge in [-0.1, -0.05) is 23.5 Å². The van der Waals surface area contributed by atoms with Gasteiger partial charge in [0.25, 0.3) is 11.6 Å². The van der Waals surface area contributed by atoms with Crippen molar-refractivity contribution >= 4 is 38.3 Å². The molecule has 0 bridgehead atoms. The Morgan fingerprint density at radius 2 is 2.03 bits per heavy atom. The predicted molar refractivity (Wildman–Crippen MR) is 132 cm³/mol. The number of hydrogen-bond donors (Lipinski definition) is 0. The highest BCUT2D eigenvalue weighted by molar-refractivity contribution is 7.22. The Labute approximate surface area is 202 Å². The van der Waals surface area contributed by atoms with Crippen molar-refractivity contribution in [2.75, 3.05) is 50.9 Å². The fourth-order valence-electron chi connectivity index (χ4n) is 4.06. The monoisotopic (exact) mass is 484 g/mol. The minimum Gasteiger partial charge on any atom is -0.492 e. The number of thiazole rings is 1. The van der Waals surface area contributed by atoms with Gasteiger partial charge in [-0.3, -0.25) is 24.7 Å². The Kier molecular flexibility index (Phi) is 7.71. The van der Waals surface area contributed by atoms with Crippen LogP contribution in [0.25, 0.3) is 10.2 Å². The van der Waals surface area contributed by atoms with Gasteiger partial charge in [0.1, 0.15) is 11.3 Å². The van der Waals surface area contributed by atoms with Crippen molar-refractivity contribution in [1.29, 1.82) is 0 Å². The summed E-state index contributed by atoms with van der Waals surface area (Å²) in [6.07, 6.45) is 0.744. The first-order valence-electron chi connectivity index (χ1n) is 11.4. The molecule has 0 aliphatic carbocycles. The molecule has 34 heavy (non-hydrogen) atoms. The lowest BCUT2D eigenvalue weighted by Crippen LogP contribution is -2.39. The molecular formula is C24H28N4O5S. The number of nitro benzene ring substituents is 1. The molecule has 1 aliphatic heterocycles. The summed E-state index contributed by atoms with van der Waals surface area (Å²) in [5, 5.41) is 12.0. The summed E-state index contributed by atoms with van der Waals surface area (Å²) in [5.74, 6) is 0.384. The van der Waals surface area contributed by atoms with Crippen LogP contribution in [-0.4, -0.2) is 66.7 Å². The van der Waals surface area contributed by atoms with Gasteiger partial charge in [-0.05, 0) is 38.5 Å². The lowest BCUT2D eigenvalue weighted by Gasteiger charge is -2.28. The average molecular weight is 485 g/mol. The molecule has 2 aromatic carbocycles. The number of nitro groups is 1. The Hall–Kier alpha value is -3.08. The van der Waals surface area contributed by atoms with Crippen LogP contribution < -0.4 is 9.64 Å². The van der Waals surface area contributed by atoms with Gasteiger partial charge in [0, 0.05) is 43.4 Å². The standard InChI is InChI=1S/C24H28N4O5S/c1-3-33-20-9-5-10-21-22(20)25-24(34-21)27(12-6-11-26-13-15-32-16-14-26)23(29)18-7-4-8-19(17(18)2)28(30)31/h4-5,7-10H,3,6,11-16H2,1-2H3. The Morgan fingerprint density at radius 3 is 2.76 bits per heavy atom. The number of aromatic nitrogens is 1. The molecule has 0 N–H and O–H groups in total. The Morgan fingerprint density at radius 1 is 1.26 bits per heavy atom. The van der Waals surface area contributed by atoms with E-state index in [1.807, 2.05) is 25.1 Å². The molecular weight excluding hydrogens is 456 g/mol. The van der Waals surface area contributed by atoms with E-state index in [-0.39, 0.29) is 11.6 Å². The van der Waals surface area contributed by atoms with Crippen LogP contribution in [0.2, 0.25) is 0 Å². The van der Waals surface area contributed by atoms with E-state index in [1.54, 1.807) is 24.0 Å². The maximum atomic E-state index is 13.7. The van der Waals surface area contributed by atoms with E-state index in [0.29, 0.717) is 53.9 Å². The summed E-state index contributed by atoms with van der Waals surface area (Å²) in [6.45, 7) is 8.50. The zero-order chi connectivity index (χ0) is 24.1. The molecule has 4 rings (SSSR count). The minimum absolute atomic E-state index is 0.0675. The van der Waals surface area contributed by atoms with E-state index in [9.17, 15) is 14.9 Å². The predicted octanol–water partition coefficient (Wildman–Crippen LogP) is 4.28. The molecule has 0 atom stereocenters. The zero-order valence-electron chi connectivity index (χ0n) is 19.4. The number of carbonyl (C=O) groups excluding carboxylic acids is 1. The van der Waals surface area contributed by atoms with Crippen LogP contribution in [0.4, 0.5) is 10.8 Å². The SMILES string of the molecule is CCOc1cccc2sc(N(CCCN3CCOCC3)C(=O)c3cccc([N+](=O)[O-])c3C)nc12. The summed E-state index contributed by atoms with van der Waals surface area (Å²) >= 11 is 1.42. The molecule has 1 aliphatic rings. The third-order valence-corrected chi connectivity index (χ3v) is 6.88. The molecule has 0 unspecified atom stereocenters. The summed E-state index contributed by atoms with van der Waals surface area (Å²) in [7, 11) is 0. The largest absolute Gasteiger partial charge is 0.492 e. The number of morpholine rings is 1. The van der Waals surface area contributed by atoms with Crippen LogP contribution >= 0.6 is 11.3 Å². The first kappa shape index (κ1) is 24.1. The topological polar surface area (TPSA) is 98.0 Å². The average Bonchev–Trinajstić information content (AvgIpc) is 3.27. The molecule has 0 spiro atoms. The van der Waals surface area contributed by atoms with Crippen molar-refractivity contribution in [3.8, 4) is 5.75 Å². The number of benzene rings is 2. The van der Waals surface area contributed by atoms with Gasteiger partial charge in [0.15, 0.2) is 5.13 Å². The smallest absolute Gasteiger partial charge is 0.273 e. The normalized spacial score (nSPS) is 14.3. The second-order valence-electron chi connectivity index (χ2n) is 8.00. The van der Waals surface area contributed by atoms with Gasteiger partial charge >= 0.3 is 0 Å². The van der Waals surface area contributed by atoms with Crippen LogP contribution in [0.3, 0.4) is 0 Å². The van der Waals surface area contributed by atoms with Gasteiger partial charge in [-0.25, -0.2) is 4.98 Å². The summed E-state index contributed by atoms with van der Waals surface area (Å²) in [5.41, 5.74) is 1.31. The highest BCUT2D eigenvalue weighted by Gasteiger charge is 2.26. The van der Waals surface area contributed by atoms with E-state index < -0.39 is 4.92 Å². The molecule has 10 heteroatoms. The van der Waals surface area contributed by atoms with Crippen LogP contribution in [0.5, 0.6) is 5.75 Å². The summed E-state index contributed by atoms with van der Waals surface area (Å²) < 4.78 is 12.1. The number of carbonyl (C=O) groups is 1. The second-order valence-corrected chi connectivity index (χ2v) is 9.01. The van der Waals surface area contributed by atoms with E-state index in [0.717, 1.165) is 30.8 Å². The lowest BCUT2D eigenvalue weighted by atomic mass is 10.1. The number of ether oxygens (including phenoxy) is 2. The van der Waals surface area contributed by atoms with Gasteiger partial charge in [-0.15, -0.1) is 0 Å². The maximum Gasteiger partial charge on any atom is 0.273 e. The Bertz CT molecular complexity index is 1180. The molecule has 1 amide bonds. The van der Waals surface area contributed by atoms with E-state index in [1.165, 1.54) is 17.4 Å². The summed E-state index contributed by atoms with van der Waals surface area (Å²) in [4.78, 5) is 33.4. The van der Waals surface area contributed by atoms with Gasteiger partial charge in [0.2, 0.25) is 0 Å². The third kappa shape index (κ3) is 5.19. The van der Waals surface area contributed by atoms with Gasteiger partial charge < -0.3 is 9.47 Å². The van der Waals surface area contributed by atoms with Gasteiger partial charge in [0.05, 0.1) is 29.4 Å². The minimum atomic E-state index is -0.457. The van der Waals surface area contributed by atoms with E-state index in [4.69, 9.17) is 14.5 Å². The van der Waals surface area contributed by atoms with Crippen molar-refractivity contribution in [1.82, 2.24) is 9.88 Å². The number of nitrogens with zero attached hydrogens (tertiary/aromatic N) is 4. The first-order chi connectivity index (χ1) is 16.5. The molecule has 1 saturated heterocycles. The van der Waals surface area contributed by atoms with Crippen molar-refractivity contribution in [2.24, 2.45) is 0 Å². The number of hydrogen-bond acceptors (Lipinski definition) is 8. The number of para-hydroxylation sites is 1. The Balaban J connectivity index is 1.66. The molecule has 180 valence electrons. The van der Waals surface area contributed by atoms with Crippen molar-refractivity contribution in [2.45, 2.75) is 20.3 Å². The summed E-state index contributed by atoms with van der Waals surface area (Å²) in [6, 6.07) is 10.3. The van der Waals surface area contributed by atoms with E-state index in [2.05, 4.69) is 4.90 Å². The molecule has 1 aromatic heterocycles. The van der Waals surface area contributed by atoms with Crippen LogP contribution in [0.15, 0.2) is 36.4 Å². The maximum absolute atomic E-state index is 13.7. The highest BCUT2D eigenvalue weighted by atomic mass is 32.1. The molecule has 2 heterocycles. The molecule has 3 aromatic rings. The molecule has 1 fully saturated rings. The molecule has 0 radical (unpaired) electrons. The van der Waals surface area contributed by atoms with Gasteiger partial charge in [-0.2, -0.15) is 0 Å². The number of rotatable bonds is 9. The van der Waals surface area contributed by atoms with Crippen LogP contribution in [0.1, 0.15) is 29.3 Å². The van der Waals surface area contributed by atoms with Crippen LogP contribution in [0, 0.1) is 17.0 Å². The fraction of sp³-hybridized carbons (Fsp3) is 0.417. The third-order valence-electron chi connectivity index (χ3n) is 5.84. The molecule has 9 nitrogen and oxygen atoms in total. The van der Waals surface area contributed by atoms with Crippen molar-refractivity contribution in [3.05, 3.63) is 57.6 Å². The fourth-order valence-corrected chi connectivity index (χ4v) is 5.07. The highest BCUT2D eigenvalue weighted by Crippen LogP contribution is 2.35. The number of fused-ring (bicyclic) bond motifs is 1. The van der Waals surface area contributed by atoms with E-state index >= 15 is 0 Å². The zero-order valence-corrected chi connectivity index (χ0v) is 20.2. The number of anilines is 1. The second kappa shape index (κ2) is 10.9. The number of amides is 1. The quantitative estimate of drug-likeness (QED) is 0.330.